The van der Waals surface area contributed by atoms with Crippen LogP contribution in [0.3, 0.4) is 0 Å². The zero-order valence-electron chi connectivity index (χ0n) is 11.1. The Morgan fingerprint density at radius 1 is 1.47 bits per heavy atom. The van der Waals surface area contributed by atoms with Gasteiger partial charge in [0.2, 0.25) is 0 Å². The summed E-state index contributed by atoms with van der Waals surface area (Å²) in [6, 6.07) is 4.79. The molecule has 1 N–H and O–H groups in total. The van der Waals surface area contributed by atoms with E-state index in [0.29, 0.717) is 23.6 Å². The van der Waals surface area contributed by atoms with E-state index in [1.165, 1.54) is 6.07 Å². The van der Waals surface area contributed by atoms with E-state index >= 15 is 0 Å². The summed E-state index contributed by atoms with van der Waals surface area (Å²) in [5, 5.41) is 3.87. The second kappa shape index (κ2) is 6.92. The SMILES string of the molecule is CCCNC(Cc1c(F)cccc1Cl)C1=CCCO1. The minimum absolute atomic E-state index is 0.00292. The van der Waals surface area contributed by atoms with Crippen LogP contribution in [0.25, 0.3) is 0 Å². The molecule has 0 saturated carbocycles. The maximum absolute atomic E-state index is 13.8. The summed E-state index contributed by atoms with van der Waals surface area (Å²) in [6.07, 6.45) is 4.53. The number of rotatable bonds is 6. The third kappa shape index (κ3) is 3.71. The Morgan fingerprint density at radius 2 is 2.32 bits per heavy atom. The van der Waals surface area contributed by atoms with Crippen molar-refractivity contribution in [1.29, 1.82) is 0 Å². The summed E-state index contributed by atoms with van der Waals surface area (Å²) >= 11 is 6.09. The van der Waals surface area contributed by atoms with E-state index in [0.717, 1.165) is 25.1 Å². The van der Waals surface area contributed by atoms with Crippen molar-refractivity contribution in [2.45, 2.75) is 32.2 Å². The molecule has 2 rings (SSSR count). The van der Waals surface area contributed by atoms with Crippen LogP contribution < -0.4 is 5.32 Å². The number of nitrogens with one attached hydrogen (secondary N) is 1. The van der Waals surface area contributed by atoms with E-state index in [1.807, 2.05) is 0 Å². The largest absolute Gasteiger partial charge is 0.496 e. The van der Waals surface area contributed by atoms with Crippen LogP contribution in [0.15, 0.2) is 30.0 Å². The highest BCUT2D eigenvalue weighted by atomic mass is 35.5. The van der Waals surface area contributed by atoms with Crippen LogP contribution in [0.2, 0.25) is 5.02 Å². The molecule has 0 fully saturated rings. The summed E-state index contributed by atoms with van der Waals surface area (Å²) in [5.41, 5.74) is 0.550. The highest BCUT2D eigenvalue weighted by Crippen LogP contribution is 2.24. The quantitative estimate of drug-likeness (QED) is 0.860. The number of benzene rings is 1. The van der Waals surface area contributed by atoms with Gasteiger partial charge in [-0.25, -0.2) is 4.39 Å². The Hall–Kier alpha value is -1.06. The van der Waals surface area contributed by atoms with Gasteiger partial charge in [-0.05, 0) is 37.6 Å². The summed E-state index contributed by atoms with van der Waals surface area (Å²) in [6.45, 7) is 3.69. The standard InChI is InChI=1S/C15H19ClFNO/c1-2-8-18-14(15-7-4-9-19-15)10-11-12(16)5-3-6-13(11)17/h3,5-7,14,18H,2,4,8-10H2,1H3. The van der Waals surface area contributed by atoms with Gasteiger partial charge in [0.1, 0.15) is 11.6 Å². The fourth-order valence-corrected chi connectivity index (χ4v) is 2.44. The minimum Gasteiger partial charge on any atom is -0.496 e. The Kier molecular flexibility index (Phi) is 5.23. The number of hydrogen-bond acceptors (Lipinski definition) is 2. The highest BCUT2D eigenvalue weighted by Gasteiger charge is 2.21. The van der Waals surface area contributed by atoms with Crippen molar-refractivity contribution in [1.82, 2.24) is 5.32 Å². The van der Waals surface area contributed by atoms with Crippen molar-refractivity contribution in [3.8, 4) is 0 Å². The van der Waals surface area contributed by atoms with Crippen LogP contribution in [0.5, 0.6) is 0 Å². The number of ether oxygens (including phenoxy) is 1. The van der Waals surface area contributed by atoms with Gasteiger partial charge in [0, 0.05) is 17.0 Å². The van der Waals surface area contributed by atoms with Crippen LogP contribution in [-0.4, -0.2) is 19.2 Å². The first-order chi connectivity index (χ1) is 9.22. The normalized spacial score (nSPS) is 16.1. The Bertz CT molecular complexity index is 441. The van der Waals surface area contributed by atoms with Crippen LogP contribution in [0.4, 0.5) is 4.39 Å². The lowest BCUT2D eigenvalue weighted by molar-refractivity contribution is 0.214. The summed E-state index contributed by atoms with van der Waals surface area (Å²) < 4.78 is 19.4. The van der Waals surface area contributed by atoms with Crippen molar-refractivity contribution in [2.24, 2.45) is 0 Å². The molecule has 0 bridgehead atoms. The number of halogens is 2. The number of hydrogen-bond donors (Lipinski definition) is 1. The fourth-order valence-electron chi connectivity index (χ4n) is 2.20. The molecule has 0 spiro atoms. The molecule has 1 aliphatic heterocycles. The maximum Gasteiger partial charge on any atom is 0.127 e. The zero-order valence-corrected chi connectivity index (χ0v) is 11.8. The molecule has 0 aromatic heterocycles. The van der Waals surface area contributed by atoms with Crippen LogP contribution in [0, 0.1) is 5.82 Å². The molecule has 0 saturated heterocycles. The molecule has 1 unspecified atom stereocenters. The van der Waals surface area contributed by atoms with Gasteiger partial charge in [-0.2, -0.15) is 0 Å². The lowest BCUT2D eigenvalue weighted by Gasteiger charge is -2.20. The fraction of sp³-hybridized carbons (Fsp3) is 0.467. The monoisotopic (exact) mass is 283 g/mol. The first-order valence-electron chi connectivity index (χ1n) is 6.71. The molecule has 4 heteroatoms. The zero-order chi connectivity index (χ0) is 13.7. The molecule has 1 aliphatic rings. The maximum atomic E-state index is 13.8. The van der Waals surface area contributed by atoms with E-state index in [9.17, 15) is 4.39 Å². The third-order valence-corrected chi connectivity index (χ3v) is 3.54. The smallest absolute Gasteiger partial charge is 0.127 e. The Morgan fingerprint density at radius 3 is 2.95 bits per heavy atom. The topological polar surface area (TPSA) is 21.3 Å². The van der Waals surface area contributed by atoms with Gasteiger partial charge in [0.25, 0.3) is 0 Å². The molecule has 1 atom stereocenters. The molecule has 1 aromatic rings. The van der Waals surface area contributed by atoms with Gasteiger partial charge in [-0.15, -0.1) is 0 Å². The molecule has 1 heterocycles. The third-order valence-electron chi connectivity index (χ3n) is 3.19. The first kappa shape index (κ1) is 14.4. The molecule has 0 aliphatic carbocycles. The van der Waals surface area contributed by atoms with Crippen molar-refractivity contribution in [3.63, 3.8) is 0 Å². The van der Waals surface area contributed by atoms with Gasteiger partial charge in [0.15, 0.2) is 0 Å². The van der Waals surface area contributed by atoms with Crippen molar-refractivity contribution >= 4 is 11.6 Å². The predicted molar refractivity (Wildman–Crippen MR) is 75.8 cm³/mol. The van der Waals surface area contributed by atoms with Crippen molar-refractivity contribution < 1.29 is 9.13 Å². The average molecular weight is 284 g/mol. The van der Waals surface area contributed by atoms with Crippen molar-refractivity contribution in [3.05, 3.63) is 46.4 Å². The lowest BCUT2D eigenvalue weighted by atomic mass is 10.0. The Labute approximate surface area is 118 Å². The second-order valence-corrected chi connectivity index (χ2v) is 5.06. The van der Waals surface area contributed by atoms with E-state index in [-0.39, 0.29) is 11.9 Å². The van der Waals surface area contributed by atoms with E-state index in [2.05, 4.69) is 18.3 Å². The van der Waals surface area contributed by atoms with Crippen LogP contribution in [-0.2, 0) is 11.2 Å². The van der Waals surface area contributed by atoms with Crippen LogP contribution in [0.1, 0.15) is 25.3 Å². The van der Waals surface area contributed by atoms with Gasteiger partial charge in [-0.1, -0.05) is 24.6 Å². The summed E-state index contributed by atoms with van der Waals surface area (Å²) in [5.74, 6) is 0.655. The van der Waals surface area contributed by atoms with Crippen molar-refractivity contribution in [2.75, 3.05) is 13.2 Å². The van der Waals surface area contributed by atoms with Gasteiger partial charge in [0.05, 0.1) is 12.6 Å². The summed E-state index contributed by atoms with van der Waals surface area (Å²) in [7, 11) is 0. The molecule has 19 heavy (non-hydrogen) atoms. The minimum atomic E-state index is -0.255. The van der Waals surface area contributed by atoms with Gasteiger partial charge < -0.3 is 10.1 Å². The molecule has 0 amide bonds. The van der Waals surface area contributed by atoms with E-state index in [1.54, 1.807) is 12.1 Å². The van der Waals surface area contributed by atoms with Gasteiger partial charge in [-0.3, -0.25) is 0 Å². The average Bonchev–Trinajstić information content (AvgIpc) is 2.91. The summed E-state index contributed by atoms with van der Waals surface area (Å²) in [4.78, 5) is 0. The Balaban J connectivity index is 2.15. The highest BCUT2D eigenvalue weighted by molar-refractivity contribution is 6.31. The molecular formula is C15H19ClFNO. The van der Waals surface area contributed by atoms with E-state index in [4.69, 9.17) is 16.3 Å². The van der Waals surface area contributed by atoms with E-state index < -0.39 is 0 Å². The molecular weight excluding hydrogens is 265 g/mol. The molecule has 0 radical (unpaired) electrons. The molecule has 1 aromatic carbocycles. The first-order valence-corrected chi connectivity index (χ1v) is 7.09. The molecule has 104 valence electrons. The van der Waals surface area contributed by atoms with Crippen LogP contribution >= 0.6 is 11.6 Å². The predicted octanol–water partition coefficient (Wildman–Crippen LogP) is 3.69. The lowest BCUT2D eigenvalue weighted by Crippen LogP contribution is -2.34. The molecule has 2 nitrogen and oxygen atoms in total. The second-order valence-electron chi connectivity index (χ2n) is 4.65. The van der Waals surface area contributed by atoms with Gasteiger partial charge >= 0.3 is 0 Å².